The van der Waals surface area contributed by atoms with Crippen molar-refractivity contribution >= 4 is 0 Å². The molecule has 0 atom stereocenters. The van der Waals surface area contributed by atoms with Gasteiger partial charge in [-0.3, -0.25) is 4.98 Å². The van der Waals surface area contributed by atoms with Crippen molar-refractivity contribution in [3.8, 4) is 16.9 Å². The molecular formula is C16H19FN2O. The molecule has 0 radical (unpaired) electrons. The maximum Gasteiger partial charge on any atom is 0.172 e. The number of rotatable bonds is 6. The number of nitrogens with one attached hydrogen (secondary N) is 1. The molecule has 0 aliphatic rings. The number of ether oxygens (including phenoxy) is 1. The summed E-state index contributed by atoms with van der Waals surface area (Å²) in [6.45, 7) is 3.81. The number of benzene rings is 1. The molecule has 0 fully saturated rings. The Labute approximate surface area is 118 Å². The second-order valence-electron chi connectivity index (χ2n) is 4.58. The Morgan fingerprint density at radius 2 is 2.15 bits per heavy atom. The molecule has 4 heteroatoms. The van der Waals surface area contributed by atoms with Gasteiger partial charge in [-0.1, -0.05) is 19.1 Å². The molecule has 1 heterocycles. The van der Waals surface area contributed by atoms with Gasteiger partial charge in [-0.25, -0.2) is 4.39 Å². The molecule has 0 aliphatic carbocycles. The summed E-state index contributed by atoms with van der Waals surface area (Å²) in [7, 11) is 1.46. The smallest absolute Gasteiger partial charge is 0.172 e. The van der Waals surface area contributed by atoms with Gasteiger partial charge in [0.15, 0.2) is 11.6 Å². The van der Waals surface area contributed by atoms with Crippen LogP contribution in [-0.4, -0.2) is 18.6 Å². The Bertz CT molecular complexity index is 572. The molecular weight excluding hydrogens is 255 g/mol. The zero-order valence-corrected chi connectivity index (χ0v) is 11.8. The zero-order valence-electron chi connectivity index (χ0n) is 11.8. The molecule has 2 aromatic rings. The third-order valence-electron chi connectivity index (χ3n) is 3.04. The molecule has 20 heavy (non-hydrogen) atoms. The summed E-state index contributed by atoms with van der Waals surface area (Å²) in [5.74, 6) is -0.104. The first-order valence-corrected chi connectivity index (χ1v) is 6.73. The first kappa shape index (κ1) is 14.5. The maximum absolute atomic E-state index is 14.2. The van der Waals surface area contributed by atoms with Gasteiger partial charge in [0.05, 0.1) is 7.11 Å². The Hall–Kier alpha value is -1.94. The molecule has 0 saturated carbocycles. The van der Waals surface area contributed by atoms with Crippen molar-refractivity contribution in [1.82, 2.24) is 10.3 Å². The Kier molecular flexibility index (Phi) is 5.07. The van der Waals surface area contributed by atoms with Crippen LogP contribution in [0.3, 0.4) is 0 Å². The summed E-state index contributed by atoms with van der Waals surface area (Å²) >= 11 is 0. The van der Waals surface area contributed by atoms with Gasteiger partial charge in [0.25, 0.3) is 0 Å². The minimum absolute atomic E-state index is 0.247. The van der Waals surface area contributed by atoms with Crippen LogP contribution in [0, 0.1) is 5.82 Å². The van der Waals surface area contributed by atoms with Gasteiger partial charge in [0.1, 0.15) is 0 Å². The Morgan fingerprint density at radius 3 is 2.90 bits per heavy atom. The van der Waals surface area contributed by atoms with E-state index in [2.05, 4.69) is 17.2 Å². The number of nitrogens with zero attached hydrogens (tertiary/aromatic N) is 1. The minimum atomic E-state index is -0.351. The average molecular weight is 274 g/mol. The quantitative estimate of drug-likeness (QED) is 0.820. The fourth-order valence-corrected chi connectivity index (χ4v) is 2.03. The van der Waals surface area contributed by atoms with Crippen LogP contribution in [0.4, 0.5) is 4.39 Å². The highest BCUT2D eigenvalue weighted by molar-refractivity contribution is 5.65. The minimum Gasteiger partial charge on any atom is -0.494 e. The third kappa shape index (κ3) is 3.33. The van der Waals surface area contributed by atoms with E-state index in [0.29, 0.717) is 5.56 Å². The van der Waals surface area contributed by atoms with Crippen molar-refractivity contribution in [1.29, 1.82) is 0 Å². The van der Waals surface area contributed by atoms with Crippen LogP contribution in [0.25, 0.3) is 11.1 Å². The van der Waals surface area contributed by atoms with Crippen molar-refractivity contribution < 1.29 is 9.13 Å². The van der Waals surface area contributed by atoms with Crippen LogP contribution in [-0.2, 0) is 6.54 Å². The van der Waals surface area contributed by atoms with Gasteiger partial charge in [0, 0.05) is 30.1 Å². The fraction of sp³-hybridized carbons (Fsp3) is 0.312. The highest BCUT2D eigenvalue weighted by Crippen LogP contribution is 2.28. The number of aromatic nitrogens is 1. The van der Waals surface area contributed by atoms with Crippen molar-refractivity contribution in [3.63, 3.8) is 0 Å². The highest BCUT2D eigenvalue weighted by atomic mass is 19.1. The summed E-state index contributed by atoms with van der Waals surface area (Å²) in [6, 6.07) is 7.07. The van der Waals surface area contributed by atoms with Gasteiger partial charge in [-0.05, 0) is 30.7 Å². The summed E-state index contributed by atoms with van der Waals surface area (Å²) in [5.41, 5.74) is 2.31. The van der Waals surface area contributed by atoms with Crippen LogP contribution in [0.2, 0.25) is 0 Å². The van der Waals surface area contributed by atoms with E-state index in [1.54, 1.807) is 30.6 Å². The van der Waals surface area contributed by atoms with Gasteiger partial charge in [-0.2, -0.15) is 0 Å². The fourth-order valence-electron chi connectivity index (χ4n) is 2.03. The lowest BCUT2D eigenvalue weighted by molar-refractivity contribution is 0.387. The van der Waals surface area contributed by atoms with Crippen LogP contribution < -0.4 is 10.1 Å². The van der Waals surface area contributed by atoms with E-state index in [4.69, 9.17) is 4.74 Å². The number of halogens is 1. The van der Waals surface area contributed by atoms with Crippen LogP contribution >= 0.6 is 0 Å². The monoisotopic (exact) mass is 274 g/mol. The molecule has 106 valence electrons. The largest absolute Gasteiger partial charge is 0.494 e. The number of hydrogen-bond donors (Lipinski definition) is 1. The molecule has 0 aliphatic heterocycles. The lowest BCUT2D eigenvalue weighted by atomic mass is 10.0. The van der Waals surface area contributed by atoms with E-state index in [0.717, 1.165) is 30.6 Å². The summed E-state index contributed by atoms with van der Waals surface area (Å²) in [5, 5.41) is 3.31. The molecule has 1 aromatic heterocycles. The Balaban J connectivity index is 2.26. The van der Waals surface area contributed by atoms with Gasteiger partial charge in [0.2, 0.25) is 0 Å². The Morgan fingerprint density at radius 1 is 1.30 bits per heavy atom. The number of hydrogen-bond acceptors (Lipinski definition) is 3. The number of pyridine rings is 1. The lowest BCUT2D eigenvalue weighted by Crippen LogP contribution is -2.13. The predicted octanol–water partition coefficient (Wildman–Crippen LogP) is 3.40. The van der Waals surface area contributed by atoms with Crippen LogP contribution in [0.5, 0.6) is 5.75 Å². The standard InChI is InChI=1S/C16H19FN2O/c1-3-7-18-9-12-8-13(11-19-10-12)14-5-4-6-15(20-2)16(14)17/h4-6,8,10-11,18H,3,7,9H2,1-2H3. The normalized spacial score (nSPS) is 10.6. The predicted molar refractivity (Wildman–Crippen MR) is 78.2 cm³/mol. The summed E-state index contributed by atoms with van der Waals surface area (Å²) < 4.78 is 19.2. The van der Waals surface area contributed by atoms with E-state index in [9.17, 15) is 4.39 Å². The van der Waals surface area contributed by atoms with E-state index in [1.165, 1.54) is 7.11 Å². The first-order chi connectivity index (χ1) is 9.76. The van der Waals surface area contributed by atoms with E-state index in [-0.39, 0.29) is 11.6 Å². The molecule has 0 amide bonds. The van der Waals surface area contributed by atoms with Gasteiger partial charge < -0.3 is 10.1 Å². The van der Waals surface area contributed by atoms with Crippen molar-refractivity contribution in [3.05, 3.63) is 48.0 Å². The molecule has 0 bridgehead atoms. The molecule has 0 unspecified atom stereocenters. The van der Waals surface area contributed by atoms with E-state index >= 15 is 0 Å². The molecule has 0 saturated heterocycles. The van der Waals surface area contributed by atoms with Crippen molar-refractivity contribution in [2.45, 2.75) is 19.9 Å². The zero-order chi connectivity index (χ0) is 14.4. The SMILES string of the molecule is CCCNCc1cncc(-c2cccc(OC)c2F)c1. The van der Waals surface area contributed by atoms with Crippen molar-refractivity contribution in [2.24, 2.45) is 0 Å². The third-order valence-corrected chi connectivity index (χ3v) is 3.04. The van der Waals surface area contributed by atoms with E-state index in [1.807, 2.05) is 6.07 Å². The maximum atomic E-state index is 14.2. The van der Waals surface area contributed by atoms with Crippen LogP contribution in [0.15, 0.2) is 36.7 Å². The van der Waals surface area contributed by atoms with Gasteiger partial charge in [-0.15, -0.1) is 0 Å². The molecule has 1 aromatic carbocycles. The summed E-state index contributed by atoms with van der Waals surface area (Å²) in [6.07, 6.45) is 4.54. The second kappa shape index (κ2) is 7.01. The lowest BCUT2D eigenvalue weighted by Gasteiger charge is -2.09. The molecule has 2 rings (SSSR count). The van der Waals surface area contributed by atoms with Gasteiger partial charge >= 0.3 is 0 Å². The molecule has 0 spiro atoms. The molecule has 3 nitrogen and oxygen atoms in total. The van der Waals surface area contributed by atoms with Crippen LogP contribution in [0.1, 0.15) is 18.9 Å². The average Bonchev–Trinajstić information content (AvgIpc) is 2.48. The highest BCUT2D eigenvalue weighted by Gasteiger charge is 2.10. The van der Waals surface area contributed by atoms with Crippen molar-refractivity contribution in [2.75, 3.05) is 13.7 Å². The first-order valence-electron chi connectivity index (χ1n) is 6.73. The van der Waals surface area contributed by atoms with E-state index < -0.39 is 0 Å². The topological polar surface area (TPSA) is 34.2 Å². The second-order valence-corrected chi connectivity index (χ2v) is 4.58. The molecule has 1 N–H and O–H groups in total. The number of methoxy groups -OCH3 is 1. The summed E-state index contributed by atoms with van der Waals surface area (Å²) in [4.78, 5) is 4.19.